The van der Waals surface area contributed by atoms with E-state index >= 15 is 0 Å². The Morgan fingerprint density at radius 3 is 2.57 bits per heavy atom. The summed E-state index contributed by atoms with van der Waals surface area (Å²) in [5.41, 5.74) is 1.02. The third-order valence-electron chi connectivity index (χ3n) is 1.69. The highest BCUT2D eigenvalue weighted by atomic mass is 32.1. The van der Waals surface area contributed by atoms with Crippen LogP contribution in [-0.2, 0) is 0 Å². The number of hydrogen-bond acceptors (Lipinski definition) is 3. The second kappa shape index (κ2) is 4.35. The van der Waals surface area contributed by atoms with E-state index in [0.717, 1.165) is 17.1 Å². The van der Waals surface area contributed by atoms with E-state index in [1.807, 2.05) is 35.7 Å². The van der Waals surface area contributed by atoms with Crippen molar-refractivity contribution in [2.45, 2.75) is 0 Å². The lowest BCUT2D eigenvalue weighted by molar-refractivity contribution is 0.484. The Balaban J connectivity index is 2.14. The molecule has 2 rings (SSSR count). The van der Waals surface area contributed by atoms with E-state index in [2.05, 4.69) is 5.38 Å². The monoisotopic (exact) mass is 219 g/mol. The zero-order valence-corrected chi connectivity index (χ0v) is 8.90. The van der Waals surface area contributed by atoms with Crippen LogP contribution in [0.3, 0.4) is 0 Å². The molecule has 0 unspecified atom stereocenters. The molecule has 1 nitrogen and oxygen atoms in total. The fraction of sp³-hybridized carbons (Fsp3) is 0. The highest BCUT2D eigenvalue weighted by Gasteiger charge is 1.96. The summed E-state index contributed by atoms with van der Waals surface area (Å²) in [7, 11) is 0. The van der Waals surface area contributed by atoms with Gasteiger partial charge in [0, 0.05) is 5.37 Å². The molecule has 1 heterocycles. The molecule has 0 saturated carbocycles. The fourth-order valence-corrected chi connectivity index (χ4v) is 1.66. The fourth-order valence-electron chi connectivity index (χ4n) is 1.02. The normalized spacial score (nSPS) is 9.71. The third kappa shape index (κ3) is 2.19. The van der Waals surface area contributed by atoms with Crippen LogP contribution < -0.4 is 4.74 Å². The number of ether oxygens (including phenoxy) is 1. The van der Waals surface area contributed by atoms with E-state index in [1.54, 1.807) is 5.37 Å². The second-order valence-corrected chi connectivity index (χ2v) is 3.62. The zero-order valence-electron chi connectivity index (χ0n) is 7.27. The van der Waals surface area contributed by atoms with Crippen molar-refractivity contribution in [3.05, 3.63) is 46.7 Å². The summed E-state index contributed by atoms with van der Waals surface area (Å²) in [5.74, 6) is 1.56. The lowest BCUT2D eigenvalue weighted by Crippen LogP contribution is -1.82. The summed E-state index contributed by atoms with van der Waals surface area (Å²) >= 11 is 6.30. The predicted octanol–water partition coefficient (Wildman–Crippen LogP) is 3.69. The molecule has 0 amide bonds. The SMILES string of the molecule is S=Cc1ccc(Oc2[c]scc2)cc1. The molecule has 1 aromatic carbocycles. The van der Waals surface area contributed by atoms with Crippen LogP contribution in [0.5, 0.6) is 11.5 Å². The van der Waals surface area contributed by atoms with Crippen molar-refractivity contribution in [1.82, 2.24) is 0 Å². The van der Waals surface area contributed by atoms with Crippen LogP contribution in [0.1, 0.15) is 5.56 Å². The first-order valence-electron chi connectivity index (χ1n) is 4.07. The Bertz CT molecular complexity index is 403. The van der Waals surface area contributed by atoms with E-state index < -0.39 is 0 Å². The summed E-state index contributed by atoms with van der Waals surface area (Å²) in [6.45, 7) is 0. The molecule has 1 radical (unpaired) electrons. The topological polar surface area (TPSA) is 9.23 Å². The number of benzene rings is 1. The van der Waals surface area contributed by atoms with Gasteiger partial charge in [-0.2, -0.15) is 0 Å². The second-order valence-electron chi connectivity index (χ2n) is 2.68. The van der Waals surface area contributed by atoms with Crippen LogP contribution in [0.4, 0.5) is 0 Å². The van der Waals surface area contributed by atoms with E-state index in [0.29, 0.717) is 0 Å². The first kappa shape index (κ1) is 9.37. The molecule has 0 aliphatic carbocycles. The maximum atomic E-state index is 5.52. The molecule has 14 heavy (non-hydrogen) atoms. The van der Waals surface area contributed by atoms with Gasteiger partial charge in [-0.05, 0) is 29.1 Å². The first-order valence-corrected chi connectivity index (χ1v) is 5.42. The van der Waals surface area contributed by atoms with Crippen LogP contribution in [0.15, 0.2) is 35.7 Å². The van der Waals surface area contributed by atoms with Crippen molar-refractivity contribution >= 4 is 28.9 Å². The maximum Gasteiger partial charge on any atom is 0.146 e. The molecule has 0 bridgehead atoms. The summed E-state index contributed by atoms with van der Waals surface area (Å²) in [6, 6.07) is 9.52. The van der Waals surface area contributed by atoms with E-state index in [-0.39, 0.29) is 0 Å². The summed E-state index contributed by atoms with van der Waals surface area (Å²) in [5, 5.41) is 6.58. The third-order valence-corrected chi connectivity index (χ3v) is 2.55. The van der Waals surface area contributed by atoms with Crippen molar-refractivity contribution in [2.75, 3.05) is 0 Å². The lowest BCUT2D eigenvalue weighted by Gasteiger charge is -2.02. The van der Waals surface area contributed by atoms with Gasteiger partial charge in [-0.3, -0.25) is 0 Å². The van der Waals surface area contributed by atoms with Gasteiger partial charge in [0.1, 0.15) is 11.5 Å². The molecule has 0 atom stereocenters. The van der Waals surface area contributed by atoms with Crippen LogP contribution >= 0.6 is 23.6 Å². The molecule has 2 aromatic rings. The van der Waals surface area contributed by atoms with Gasteiger partial charge >= 0.3 is 0 Å². The molecular weight excluding hydrogens is 212 g/mol. The van der Waals surface area contributed by atoms with Crippen molar-refractivity contribution in [2.24, 2.45) is 0 Å². The molecular formula is C11H7OS2. The Labute approximate surface area is 92.0 Å². The molecule has 0 N–H and O–H groups in total. The zero-order chi connectivity index (χ0) is 9.80. The molecule has 3 heteroatoms. The van der Waals surface area contributed by atoms with Crippen LogP contribution in [0.25, 0.3) is 0 Å². The molecule has 0 saturated heterocycles. The minimum absolute atomic E-state index is 0.755. The minimum Gasteiger partial charge on any atom is -0.456 e. The average molecular weight is 219 g/mol. The molecule has 0 aliphatic rings. The van der Waals surface area contributed by atoms with Gasteiger partial charge < -0.3 is 4.74 Å². The lowest BCUT2D eigenvalue weighted by atomic mass is 10.2. The van der Waals surface area contributed by atoms with Crippen LogP contribution in [-0.4, -0.2) is 5.37 Å². The molecule has 0 fully saturated rings. The quantitative estimate of drug-likeness (QED) is 0.728. The van der Waals surface area contributed by atoms with E-state index in [4.69, 9.17) is 17.0 Å². The van der Waals surface area contributed by atoms with E-state index in [9.17, 15) is 0 Å². The Hall–Kier alpha value is -1.19. The standard InChI is InChI=1S/C11H7OS2/c13-7-9-1-3-10(4-2-9)12-11-5-6-14-8-11/h1-7H. The van der Waals surface area contributed by atoms with Crippen molar-refractivity contribution in [1.29, 1.82) is 0 Å². The predicted molar refractivity (Wildman–Crippen MR) is 62.4 cm³/mol. The smallest absolute Gasteiger partial charge is 0.146 e. The molecule has 69 valence electrons. The van der Waals surface area contributed by atoms with Crippen LogP contribution in [0.2, 0.25) is 0 Å². The molecule has 0 aliphatic heterocycles. The van der Waals surface area contributed by atoms with Gasteiger partial charge in [-0.1, -0.05) is 24.4 Å². The van der Waals surface area contributed by atoms with Crippen molar-refractivity contribution in [3.63, 3.8) is 0 Å². The van der Waals surface area contributed by atoms with Gasteiger partial charge in [0.15, 0.2) is 0 Å². The van der Waals surface area contributed by atoms with E-state index in [1.165, 1.54) is 11.3 Å². The first-order chi connectivity index (χ1) is 6.88. The largest absolute Gasteiger partial charge is 0.456 e. The van der Waals surface area contributed by atoms with Gasteiger partial charge in [0.25, 0.3) is 0 Å². The number of rotatable bonds is 3. The Kier molecular flexibility index (Phi) is 2.91. The van der Waals surface area contributed by atoms with Gasteiger partial charge in [-0.15, -0.1) is 11.3 Å². The van der Waals surface area contributed by atoms with Gasteiger partial charge in [-0.25, -0.2) is 0 Å². The Morgan fingerprint density at radius 1 is 1.21 bits per heavy atom. The summed E-state index contributed by atoms with van der Waals surface area (Å²) in [4.78, 5) is 0. The highest BCUT2D eigenvalue weighted by molar-refractivity contribution is 7.79. The highest BCUT2D eigenvalue weighted by Crippen LogP contribution is 2.22. The van der Waals surface area contributed by atoms with Gasteiger partial charge in [0.05, 0.1) is 5.38 Å². The molecule has 0 spiro atoms. The summed E-state index contributed by atoms with van der Waals surface area (Å²) < 4.78 is 5.52. The van der Waals surface area contributed by atoms with Crippen molar-refractivity contribution < 1.29 is 4.74 Å². The summed E-state index contributed by atoms with van der Waals surface area (Å²) in [6.07, 6.45) is 0. The number of hydrogen-bond donors (Lipinski definition) is 0. The van der Waals surface area contributed by atoms with Gasteiger partial charge in [0.2, 0.25) is 0 Å². The Morgan fingerprint density at radius 2 is 2.00 bits per heavy atom. The number of thiophene rings is 1. The molecule has 1 aromatic heterocycles. The number of thiocarbonyl (C=S) groups is 1. The minimum atomic E-state index is 0.755. The van der Waals surface area contributed by atoms with Crippen molar-refractivity contribution in [3.8, 4) is 11.5 Å². The van der Waals surface area contributed by atoms with Crippen LogP contribution in [0, 0.1) is 5.38 Å². The average Bonchev–Trinajstić information content (AvgIpc) is 2.72. The maximum absolute atomic E-state index is 5.52.